The number of hydrogen-bond donors (Lipinski definition) is 0. The molecule has 0 aromatic heterocycles. The van der Waals surface area contributed by atoms with Crippen molar-refractivity contribution in [3.05, 3.63) is 23.8 Å². The Hall–Kier alpha value is -1.05. The van der Waals surface area contributed by atoms with Gasteiger partial charge in [0.2, 0.25) is 0 Å². The van der Waals surface area contributed by atoms with Crippen molar-refractivity contribution >= 4 is 5.97 Å². The molecule has 0 aromatic rings. The van der Waals surface area contributed by atoms with Gasteiger partial charge in [0, 0.05) is 5.57 Å². The molecule has 0 fully saturated rings. The molecule has 0 aliphatic heterocycles. The fourth-order valence-corrected chi connectivity index (χ4v) is 1.56. The van der Waals surface area contributed by atoms with Gasteiger partial charge in [-0.3, -0.25) is 0 Å². The number of carbonyl (C=O) groups excluding carboxylic acids is 1. The molecule has 0 amide bonds. The molecule has 0 atom stereocenters. The van der Waals surface area contributed by atoms with Gasteiger partial charge < -0.3 is 4.74 Å². The lowest BCUT2D eigenvalue weighted by Gasteiger charge is -2.12. The highest BCUT2D eigenvalue weighted by molar-refractivity contribution is 5.88. The molecule has 0 spiro atoms. The number of methoxy groups -OCH3 is 1. The van der Waals surface area contributed by atoms with Crippen molar-refractivity contribution in [1.82, 2.24) is 0 Å². The van der Waals surface area contributed by atoms with Gasteiger partial charge in [0.05, 0.1) is 7.11 Å². The minimum atomic E-state index is -0.286. The smallest absolute Gasteiger partial charge is 0.333 e. The van der Waals surface area contributed by atoms with Crippen LogP contribution in [0.5, 0.6) is 0 Å². The van der Waals surface area contributed by atoms with Crippen molar-refractivity contribution in [3.63, 3.8) is 0 Å². The van der Waals surface area contributed by atoms with Crippen molar-refractivity contribution in [2.24, 2.45) is 0 Å². The second kappa shape index (κ2) is 4.85. The summed E-state index contributed by atoms with van der Waals surface area (Å²) in [6, 6.07) is 0. The molecular formula is C11H16O2. The van der Waals surface area contributed by atoms with Crippen molar-refractivity contribution in [2.75, 3.05) is 7.11 Å². The van der Waals surface area contributed by atoms with Crippen LogP contribution in [0.3, 0.4) is 0 Å². The highest BCUT2D eigenvalue weighted by atomic mass is 16.5. The van der Waals surface area contributed by atoms with Gasteiger partial charge in [0.25, 0.3) is 0 Å². The van der Waals surface area contributed by atoms with E-state index in [1.165, 1.54) is 25.5 Å². The van der Waals surface area contributed by atoms with Gasteiger partial charge in [-0.25, -0.2) is 4.79 Å². The Morgan fingerprint density at radius 2 is 2.38 bits per heavy atom. The Morgan fingerprint density at radius 1 is 1.62 bits per heavy atom. The van der Waals surface area contributed by atoms with E-state index in [0.29, 0.717) is 12.0 Å². The van der Waals surface area contributed by atoms with Crippen molar-refractivity contribution < 1.29 is 9.53 Å². The van der Waals surface area contributed by atoms with Crippen LogP contribution in [0.1, 0.15) is 32.1 Å². The molecule has 0 saturated carbocycles. The summed E-state index contributed by atoms with van der Waals surface area (Å²) >= 11 is 0. The fraction of sp³-hybridized carbons (Fsp3) is 0.545. The molecule has 0 unspecified atom stereocenters. The van der Waals surface area contributed by atoms with Crippen LogP contribution >= 0.6 is 0 Å². The first kappa shape index (κ1) is 10.0. The molecule has 0 radical (unpaired) electrons. The normalized spacial score (nSPS) is 16.2. The summed E-state index contributed by atoms with van der Waals surface area (Å²) in [4.78, 5) is 11.0. The minimum absolute atomic E-state index is 0.286. The second-order valence-corrected chi connectivity index (χ2v) is 3.38. The minimum Gasteiger partial charge on any atom is -0.466 e. The largest absolute Gasteiger partial charge is 0.466 e. The maximum absolute atomic E-state index is 11.0. The van der Waals surface area contributed by atoms with E-state index in [-0.39, 0.29) is 5.97 Å². The van der Waals surface area contributed by atoms with Gasteiger partial charge in [0.1, 0.15) is 0 Å². The maximum atomic E-state index is 11.0. The van der Waals surface area contributed by atoms with Crippen LogP contribution in [0.15, 0.2) is 23.8 Å². The van der Waals surface area contributed by atoms with E-state index in [1.54, 1.807) is 0 Å². The molecule has 1 aliphatic carbocycles. The fourth-order valence-electron chi connectivity index (χ4n) is 1.56. The molecule has 72 valence electrons. The Bertz CT molecular complexity index is 238. The van der Waals surface area contributed by atoms with E-state index in [9.17, 15) is 4.79 Å². The number of hydrogen-bond acceptors (Lipinski definition) is 2. The third-order valence-corrected chi connectivity index (χ3v) is 2.30. The SMILES string of the molecule is C=C(CC1=CCCCC1)C(=O)OC. The summed E-state index contributed by atoms with van der Waals surface area (Å²) in [5.74, 6) is -0.286. The molecule has 2 nitrogen and oxygen atoms in total. The summed E-state index contributed by atoms with van der Waals surface area (Å²) in [6.45, 7) is 3.70. The molecule has 0 saturated heterocycles. The summed E-state index contributed by atoms with van der Waals surface area (Å²) in [6.07, 6.45) is 7.67. The first-order valence-electron chi connectivity index (χ1n) is 4.68. The average Bonchev–Trinajstić information content (AvgIpc) is 2.18. The van der Waals surface area contributed by atoms with Gasteiger partial charge in [-0.1, -0.05) is 18.2 Å². The monoisotopic (exact) mass is 180 g/mol. The third-order valence-electron chi connectivity index (χ3n) is 2.30. The van der Waals surface area contributed by atoms with Crippen LogP contribution in [-0.2, 0) is 9.53 Å². The van der Waals surface area contributed by atoms with Gasteiger partial charge in [-0.15, -0.1) is 0 Å². The lowest BCUT2D eigenvalue weighted by Crippen LogP contribution is -2.05. The predicted octanol–water partition coefficient (Wildman–Crippen LogP) is 2.61. The Morgan fingerprint density at radius 3 is 2.92 bits per heavy atom. The van der Waals surface area contributed by atoms with Crippen LogP contribution in [-0.4, -0.2) is 13.1 Å². The van der Waals surface area contributed by atoms with Crippen LogP contribution in [0.2, 0.25) is 0 Å². The summed E-state index contributed by atoms with van der Waals surface area (Å²) in [5, 5.41) is 0. The topological polar surface area (TPSA) is 26.3 Å². The predicted molar refractivity (Wildman–Crippen MR) is 52.3 cm³/mol. The van der Waals surface area contributed by atoms with E-state index in [2.05, 4.69) is 17.4 Å². The van der Waals surface area contributed by atoms with Gasteiger partial charge in [-0.05, 0) is 32.1 Å². The lowest BCUT2D eigenvalue weighted by atomic mass is 9.95. The average molecular weight is 180 g/mol. The highest BCUT2D eigenvalue weighted by Gasteiger charge is 2.10. The molecule has 2 heteroatoms. The zero-order valence-corrected chi connectivity index (χ0v) is 8.14. The molecule has 0 N–H and O–H groups in total. The Balaban J connectivity index is 2.43. The van der Waals surface area contributed by atoms with E-state index < -0.39 is 0 Å². The number of allylic oxidation sites excluding steroid dienone is 2. The highest BCUT2D eigenvalue weighted by Crippen LogP contribution is 2.22. The zero-order valence-electron chi connectivity index (χ0n) is 8.14. The summed E-state index contributed by atoms with van der Waals surface area (Å²) in [7, 11) is 1.39. The molecule has 0 aromatic carbocycles. The van der Waals surface area contributed by atoms with Gasteiger partial charge in [0.15, 0.2) is 0 Å². The molecule has 1 rings (SSSR count). The van der Waals surface area contributed by atoms with Crippen LogP contribution in [0, 0.1) is 0 Å². The Labute approximate surface area is 79.3 Å². The molecule has 13 heavy (non-hydrogen) atoms. The van der Waals surface area contributed by atoms with E-state index in [0.717, 1.165) is 12.8 Å². The van der Waals surface area contributed by atoms with Crippen molar-refractivity contribution in [1.29, 1.82) is 0 Å². The van der Waals surface area contributed by atoms with Gasteiger partial charge >= 0.3 is 5.97 Å². The van der Waals surface area contributed by atoms with E-state index >= 15 is 0 Å². The number of ether oxygens (including phenoxy) is 1. The maximum Gasteiger partial charge on any atom is 0.333 e. The van der Waals surface area contributed by atoms with Gasteiger partial charge in [-0.2, -0.15) is 0 Å². The zero-order chi connectivity index (χ0) is 9.68. The third kappa shape index (κ3) is 3.05. The van der Waals surface area contributed by atoms with Crippen molar-refractivity contribution in [2.45, 2.75) is 32.1 Å². The lowest BCUT2D eigenvalue weighted by molar-refractivity contribution is -0.136. The first-order valence-corrected chi connectivity index (χ1v) is 4.68. The number of rotatable bonds is 3. The molecule has 1 aliphatic rings. The molecular weight excluding hydrogens is 164 g/mol. The second-order valence-electron chi connectivity index (χ2n) is 3.38. The standard InChI is InChI=1S/C11H16O2/c1-9(11(12)13-2)8-10-6-4-3-5-7-10/h6H,1,3-5,7-8H2,2H3. The van der Waals surface area contributed by atoms with Crippen molar-refractivity contribution in [3.8, 4) is 0 Å². The van der Waals surface area contributed by atoms with Crippen LogP contribution in [0.4, 0.5) is 0 Å². The number of esters is 1. The Kier molecular flexibility index (Phi) is 3.74. The number of carbonyl (C=O) groups is 1. The quantitative estimate of drug-likeness (QED) is 0.379. The van der Waals surface area contributed by atoms with Crippen LogP contribution in [0.25, 0.3) is 0 Å². The summed E-state index contributed by atoms with van der Waals surface area (Å²) in [5.41, 5.74) is 1.90. The summed E-state index contributed by atoms with van der Waals surface area (Å²) < 4.78 is 4.59. The molecule has 0 bridgehead atoms. The van der Waals surface area contributed by atoms with Crippen LogP contribution < -0.4 is 0 Å². The molecule has 0 heterocycles. The van der Waals surface area contributed by atoms with E-state index in [4.69, 9.17) is 0 Å². The van der Waals surface area contributed by atoms with E-state index in [1.807, 2.05) is 0 Å². The first-order chi connectivity index (χ1) is 6.24.